The van der Waals surface area contributed by atoms with E-state index >= 15 is 0 Å². The van der Waals surface area contributed by atoms with Crippen LogP contribution in [-0.2, 0) is 0 Å². The molecule has 6 heteroatoms. The standard InChI is InChI=1S/C20H19FN4O/c21-15-3-1-10-23-16(15)4-7-19-5-2-6-20(14-19,9-8-19)25-18(26)17-13-22-11-12-24-17/h1,3,10-13H,2,5-6,8-9,14H2,(H,25,26)/t19-,20+/m0/s1. The molecule has 2 atom stereocenters. The van der Waals surface area contributed by atoms with Gasteiger partial charge in [0.1, 0.15) is 11.4 Å². The van der Waals surface area contributed by atoms with Crippen LogP contribution in [-0.4, -0.2) is 26.4 Å². The third-order valence-corrected chi connectivity index (χ3v) is 5.45. The summed E-state index contributed by atoms with van der Waals surface area (Å²) < 4.78 is 13.8. The summed E-state index contributed by atoms with van der Waals surface area (Å²) >= 11 is 0. The molecule has 2 heterocycles. The van der Waals surface area contributed by atoms with E-state index in [1.54, 1.807) is 18.5 Å². The molecule has 26 heavy (non-hydrogen) atoms. The van der Waals surface area contributed by atoms with Crippen LogP contribution >= 0.6 is 0 Å². The van der Waals surface area contributed by atoms with Crippen molar-refractivity contribution in [3.05, 3.63) is 54.1 Å². The second kappa shape index (κ2) is 6.49. The lowest BCUT2D eigenvalue weighted by molar-refractivity contribution is 0.0866. The van der Waals surface area contributed by atoms with Crippen LogP contribution in [0.2, 0.25) is 0 Å². The number of rotatable bonds is 2. The molecular weight excluding hydrogens is 331 g/mol. The van der Waals surface area contributed by atoms with Gasteiger partial charge in [-0.3, -0.25) is 9.78 Å². The lowest BCUT2D eigenvalue weighted by atomic mass is 9.73. The van der Waals surface area contributed by atoms with Crippen LogP contribution in [0.5, 0.6) is 0 Å². The summed E-state index contributed by atoms with van der Waals surface area (Å²) in [5, 5.41) is 3.18. The van der Waals surface area contributed by atoms with Gasteiger partial charge in [0.05, 0.1) is 6.20 Å². The van der Waals surface area contributed by atoms with Crippen LogP contribution in [0.25, 0.3) is 0 Å². The molecule has 0 radical (unpaired) electrons. The molecule has 2 aromatic heterocycles. The molecule has 0 spiro atoms. The second-order valence-electron chi connectivity index (χ2n) is 7.22. The van der Waals surface area contributed by atoms with E-state index in [-0.39, 0.29) is 22.6 Å². The monoisotopic (exact) mass is 350 g/mol. The molecule has 2 saturated carbocycles. The number of halogens is 1. The summed E-state index contributed by atoms with van der Waals surface area (Å²) in [6.07, 6.45) is 11.5. The quantitative estimate of drug-likeness (QED) is 0.846. The fourth-order valence-corrected chi connectivity index (χ4v) is 4.22. The maximum atomic E-state index is 13.8. The summed E-state index contributed by atoms with van der Waals surface area (Å²) in [4.78, 5) is 24.6. The van der Waals surface area contributed by atoms with Crippen molar-refractivity contribution < 1.29 is 9.18 Å². The zero-order chi connectivity index (χ0) is 18.0. The van der Waals surface area contributed by atoms with E-state index in [2.05, 4.69) is 32.1 Å². The lowest BCUT2D eigenvalue weighted by Crippen LogP contribution is -2.49. The molecule has 132 valence electrons. The number of hydrogen-bond donors (Lipinski definition) is 1. The van der Waals surface area contributed by atoms with Crippen molar-refractivity contribution in [2.75, 3.05) is 0 Å². The van der Waals surface area contributed by atoms with Crippen molar-refractivity contribution in [3.8, 4) is 11.8 Å². The summed E-state index contributed by atoms with van der Waals surface area (Å²) in [6, 6.07) is 2.93. The molecule has 2 aromatic rings. The highest BCUT2D eigenvalue weighted by Gasteiger charge is 2.51. The fourth-order valence-electron chi connectivity index (χ4n) is 4.22. The van der Waals surface area contributed by atoms with Gasteiger partial charge in [0.15, 0.2) is 5.82 Å². The average molecular weight is 350 g/mol. The Labute approximate surface area is 151 Å². The van der Waals surface area contributed by atoms with Gasteiger partial charge in [-0.2, -0.15) is 0 Å². The highest BCUT2D eigenvalue weighted by molar-refractivity contribution is 5.92. The van der Waals surface area contributed by atoms with E-state index in [1.165, 1.54) is 18.5 Å². The van der Waals surface area contributed by atoms with Crippen molar-refractivity contribution in [2.45, 2.75) is 44.1 Å². The first-order valence-corrected chi connectivity index (χ1v) is 8.82. The van der Waals surface area contributed by atoms with Crippen molar-refractivity contribution in [3.63, 3.8) is 0 Å². The molecule has 1 amide bonds. The van der Waals surface area contributed by atoms with Crippen LogP contribution in [0.3, 0.4) is 0 Å². The van der Waals surface area contributed by atoms with Crippen LogP contribution in [0.4, 0.5) is 4.39 Å². The molecule has 0 saturated heterocycles. The highest BCUT2D eigenvalue weighted by Crippen LogP contribution is 2.53. The van der Waals surface area contributed by atoms with Gasteiger partial charge in [0.25, 0.3) is 5.91 Å². The summed E-state index contributed by atoms with van der Waals surface area (Å²) in [6.45, 7) is 0. The van der Waals surface area contributed by atoms with Crippen LogP contribution < -0.4 is 5.32 Å². The van der Waals surface area contributed by atoms with E-state index in [0.717, 1.165) is 38.5 Å². The normalized spacial score (nSPS) is 26.7. The highest BCUT2D eigenvalue weighted by atomic mass is 19.1. The van der Waals surface area contributed by atoms with Gasteiger partial charge >= 0.3 is 0 Å². The topological polar surface area (TPSA) is 67.8 Å². The third kappa shape index (κ3) is 3.17. The Kier molecular flexibility index (Phi) is 4.15. The van der Waals surface area contributed by atoms with E-state index in [1.807, 2.05) is 0 Å². The number of carbonyl (C=O) groups is 1. The first kappa shape index (κ1) is 16.6. The van der Waals surface area contributed by atoms with Gasteiger partial charge < -0.3 is 5.32 Å². The van der Waals surface area contributed by atoms with Gasteiger partial charge in [-0.05, 0) is 56.6 Å². The first-order valence-electron chi connectivity index (χ1n) is 8.82. The van der Waals surface area contributed by atoms with E-state index in [4.69, 9.17) is 0 Å². The lowest BCUT2D eigenvalue weighted by Gasteiger charge is -2.37. The van der Waals surface area contributed by atoms with Crippen LogP contribution in [0, 0.1) is 23.1 Å². The Morgan fingerprint density at radius 2 is 2.08 bits per heavy atom. The molecule has 1 N–H and O–H groups in total. The largest absolute Gasteiger partial charge is 0.345 e. The Hall–Kier alpha value is -2.81. The minimum Gasteiger partial charge on any atom is -0.345 e. The predicted molar refractivity (Wildman–Crippen MR) is 93.4 cm³/mol. The van der Waals surface area contributed by atoms with E-state index in [0.29, 0.717) is 5.69 Å². The van der Waals surface area contributed by atoms with Crippen LogP contribution in [0.1, 0.15) is 54.7 Å². The van der Waals surface area contributed by atoms with E-state index < -0.39 is 5.82 Å². The number of amides is 1. The number of aromatic nitrogens is 3. The summed E-state index contributed by atoms with van der Waals surface area (Å²) in [5.74, 6) is 5.63. The number of nitrogens with one attached hydrogen (secondary N) is 1. The SMILES string of the molecule is O=C(N[C@]12CCC[C@](C#Cc3ncccc3F)(CC1)C2)c1cnccn1. The zero-order valence-electron chi connectivity index (χ0n) is 14.3. The summed E-state index contributed by atoms with van der Waals surface area (Å²) in [5.41, 5.74) is 0.0716. The smallest absolute Gasteiger partial charge is 0.271 e. The molecule has 0 aromatic carbocycles. The number of hydrogen-bond acceptors (Lipinski definition) is 4. The minimum absolute atomic E-state index is 0.183. The van der Waals surface area contributed by atoms with Crippen molar-refractivity contribution in [1.29, 1.82) is 0 Å². The molecule has 2 fully saturated rings. The molecule has 0 aliphatic heterocycles. The Bertz CT molecular complexity index is 891. The molecule has 2 aliphatic carbocycles. The molecule has 2 aliphatic rings. The number of pyridine rings is 1. The third-order valence-electron chi connectivity index (χ3n) is 5.45. The molecular formula is C20H19FN4O. The van der Waals surface area contributed by atoms with Crippen molar-refractivity contribution in [2.24, 2.45) is 5.41 Å². The van der Waals surface area contributed by atoms with Crippen molar-refractivity contribution in [1.82, 2.24) is 20.3 Å². The number of fused-ring (bicyclic) bond motifs is 2. The van der Waals surface area contributed by atoms with Gasteiger partial charge in [-0.15, -0.1) is 0 Å². The maximum Gasteiger partial charge on any atom is 0.271 e. The number of nitrogens with zero attached hydrogens (tertiary/aromatic N) is 3. The Balaban J connectivity index is 1.53. The van der Waals surface area contributed by atoms with Gasteiger partial charge in [0, 0.05) is 29.5 Å². The number of carbonyl (C=O) groups excluding carboxylic acids is 1. The fraction of sp³-hybridized carbons (Fsp3) is 0.400. The van der Waals surface area contributed by atoms with Crippen LogP contribution in [0.15, 0.2) is 36.9 Å². The molecule has 2 bridgehead atoms. The molecule has 0 unspecified atom stereocenters. The predicted octanol–water partition coefficient (Wildman–Crippen LogP) is 2.89. The van der Waals surface area contributed by atoms with Gasteiger partial charge in [-0.25, -0.2) is 14.4 Å². The molecule has 5 nitrogen and oxygen atoms in total. The summed E-state index contributed by atoms with van der Waals surface area (Å²) in [7, 11) is 0. The van der Waals surface area contributed by atoms with Gasteiger partial charge in [-0.1, -0.05) is 5.92 Å². The van der Waals surface area contributed by atoms with E-state index in [9.17, 15) is 9.18 Å². The Morgan fingerprint density at radius 3 is 2.88 bits per heavy atom. The molecule has 4 rings (SSSR count). The van der Waals surface area contributed by atoms with Gasteiger partial charge in [0.2, 0.25) is 0 Å². The average Bonchev–Trinajstić information content (AvgIpc) is 2.92. The zero-order valence-corrected chi connectivity index (χ0v) is 14.3. The van der Waals surface area contributed by atoms with Crippen molar-refractivity contribution >= 4 is 5.91 Å². The first-order chi connectivity index (χ1) is 12.6. The minimum atomic E-state index is -0.396. The Morgan fingerprint density at radius 1 is 1.15 bits per heavy atom. The second-order valence-corrected chi connectivity index (χ2v) is 7.22. The maximum absolute atomic E-state index is 13.8.